The molecule has 0 N–H and O–H groups in total. The Morgan fingerprint density at radius 1 is 1.58 bits per heavy atom. The maximum atomic E-state index is 10.7. The molecule has 1 rings (SSSR count). The summed E-state index contributed by atoms with van der Waals surface area (Å²) >= 11 is 0. The van der Waals surface area contributed by atoms with Crippen molar-refractivity contribution >= 4 is 5.97 Å². The molecular weight excluding hydrogens is 160 g/mol. The van der Waals surface area contributed by atoms with Gasteiger partial charge >= 0.3 is 5.97 Å². The summed E-state index contributed by atoms with van der Waals surface area (Å²) in [6.07, 6.45) is -0.561. The van der Waals surface area contributed by atoms with E-state index < -0.39 is 12.3 Å². The van der Waals surface area contributed by atoms with E-state index >= 15 is 0 Å². The Morgan fingerprint density at radius 3 is 2.83 bits per heavy atom. The summed E-state index contributed by atoms with van der Waals surface area (Å²) in [6.45, 7) is 3.12. The lowest BCUT2D eigenvalue weighted by atomic mass is 10.5. The third kappa shape index (κ3) is 2.91. The van der Waals surface area contributed by atoms with Crippen LogP contribution in [-0.2, 0) is 19.0 Å². The molecular formula is C8H10O4. The molecule has 1 aliphatic rings. The lowest BCUT2D eigenvalue weighted by Gasteiger charge is -1.96. The predicted molar refractivity (Wildman–Crippen MR) is 40.1 cm³/mol. The Labute approximate surface area is 70.8 Å². The smallest absolute Gasteiger partial charge is 0.384 e. The molecule has 0 saturated carbocycles. The zero-order chi connectivity index (χ0) is 8.81. The Balaban J connectivity index is 2.30. The van der Waals surface area contributed by atoms with Crippen molar-refractivity contribution < 1.29 is 19.0 Å². The van der Waals surface area contributed by atoms with E-state index in [0.29, 0.717) is 19.8 Å². The van der Waals surface area contributed by atoms with Crippen LogP contribution in [0.5, 0.6) is 0 Å². The van der Waals surface area contributed by atoms with Gasteiger partial charge in [-0.1, -0.05) is 0 Å². The van der Waals surface area contributed by atoms with Crippen molar-refractivity contribution in [3.05, 3.63) is 0 Å². The van der Waals surface area contributed by atoms with Crippen LogP contribution in [0.4, 0.5) is 0 Å². The summed E-state index contributed by atoms with van der Waals surface area (Å²) in [5.74, 6) is 4.22. The molecule has 0 aromatic rings. The SMILES string of the molecule is CCOC(=O)C#CC1OCCO1. The van der Waals surface area contributed by atoms with E-state index in [1.165, 1.54) is 0 Å². The first kappa shape index (κ1) is 9.04. The number of carbonyl (C=O) groups excluding carboxylic acids is 1. The summed E-state index contributed by atoms with van der Waals surface area (Å²) in [5.41, 5.74) is 0. The molecule has 0 unspecified atom stereocenters. The van der Waals surface area contributed by atoms with Crippen molar-refractivity contribution in [3.8, 4) is 11.8 Å². The molecule has 1 saturated heterocycles. The third-order valence-electron chi connectivity index (χ3n) is 1.19. The van der Waals surface area contributed by atoms with Crippen LogP contribution < -0.4 is 0 Å². The number of ether oxygens (including phenoxy) is 3. The molecule has 1 heterocycles. The quantitative estimate of drug-likeness (QED) is 0.314. The Kier molecular flexibility index (Phi) is 3.58. The minimum absolute atomic E-state index is 0.333. The maximum absolute atomic E-state index is 10.7. The molecule has 0 radical (unpaired) electrons. The van der Waals surface area contributed by atoms with Gasteiger partial charge in [-0.15, -0.1) is 0 Å². The maximum Gasteiger partial charge on any atom is 0.384 e. The second kappa shape index (κ2) is 4.75. The third-order valence-corrected chi connectivity index (χ3v) is 1.19. The van der Waals surface area contributed by atoms with Gasteiger partial charge in [-0.2, -0.15) is 0 Å². The number of hydrogen-bond acceptors (Lipinski definition) is 4. The largest absolute Gasteiger partial charge is 0.456 e. The minimum atomic E-state index is -0.561. The predicted octanol–water partition coefficient (Wildman–Crippen LogP) is -0.0742. The van der Waals surface area contributed by atoms with Crippen molar-refractivity contribution in [3.63, 3.8) is 0 Å². The van der Waals surface area contributed by atoms with Gasteiger partial charge in [-0.3, -0.25) is 0 Å². The summed E-state index contributed by atoms with van der Waals surface area (Å²) in [6, 6.07) is 0. The van der Waals surface area contributed by atoms with Gasteiger partial charge in [0.25, 0.3) is 0 Å². The summed E-state index contributed by atoms with van der Waals surface area (Å²) < 4.78 is 14.5. The Hall–Kier alpha value is -1.05. The molecule has 4 heteroatoms. The van der Waals surface area contributed by atoms with Gasteiger partial charge in [0, 0.05) is 5.92 Å². The van der Waals surface area contributed by atoms with Gasteiger partial charge in [-0.25, -0.2) is 4.79 Å². The second-order valence-electron chi connectivity index (χ2n) is 2.06. The van der Waals surface area contributed by atoms with Gasteiger partial charge in [0.05, 0.1) is 19.8 Å². The molecule has 0 amide bonds. The highest BCUT2D eigenvalue weighted by molar-refractivity contribution is 5.88. The summed E-state index contributed by atoms with van der Waals surface area (Å²) in [4.78, 5) is 10.7. The lowest BCUT2D eigenvalue weighted by Crippen LogP contribution is -2.06. The second-order valence-corrected chi connectivity index (χ2v) is 2.06. The van der Waals surface area contributed by atoms with Crippen molar-refractivity contribution in [2.75, 3.05) is 19.8 Å². The minimum Gasteiger partial charge on any atom is -0.456 e. The van der Waals surface area contributed by atoms with E-state index in [2.05, 4.69) is 16.6 Å². The topological polar surface area (TPSA) is 44.8 Å². The zero-order valence-corrected chi connectivity index (χ0v) is 6.83. The van der Waals surface area contributed by atoms with Crippen LogP contribution >= 0.6 is 0 Å². The molecule has 0 aromatic carbocycles. The molecule has 0 bridgehead atoms. The first-order chi connectivity index (χ1) is 5.83. The number of rotatable bonds is 1. The Bertz CT molecular complexity index is 207. The molecule has 4 nitrogen and oxygen atoms in total. The van der Waals surface area contributed by atoms with Crippen molar-refractivity contribution in [1.29, 1.82) is 0 Å². The van der Waals surface area contributed by atoms with Gasteiger partial charge in [0.2, 0.25) is 6.29 Å². The van der Waals surface area contributed by atoms with E-state index in [9.17, 15) is 4.79 Å². The molecule has 0 atom stereocenters. The Morgan fingerprint density at radius 2 is 2.25 bits per heavy atom. The molecule has 1 fully saturated rings. The molecule has 0 aliphatic carbocycles. The highest BCUT2D eigenvalue weighted by atomic mass is 16.7. The van der Waals surface area contributed by atoms with Gasteiger partial charge in [0.1, 0.15) is 0 Å². The van der Waals surface area contributed by atoms with Crippen LogP contribution in [0.1, 0.15) is 6.92 Å². The van der Waals surface area contributed by atoms with Crippen LogP contribution in [0.25, 0.3) is 0 Å². The molecule has 12 heavy (non-hydrogen) atoms. The van der Waals surface area contributed by atoms with Crippen LogP contribution in [0.15, 0.2) is 0 Å². The monoisotopic (exact) mass is 170 g/mol. The van der Waals surface area contributed by atoms with Gasteiger partial charge in [0.15, 0.2) is 0 Å². The van der Waals surface area contributed by atoms with Gasteiger partial charge < -0.3 is 14.2 Å². The fourth-order valence-electron chi connectivity index (χ4n) is 0.727. The van der Waals surface area contributed by atoms with E-state index in [0.717, 1.165) is 0 Å². The van der Waals surface area contributed by atoms with Crippen LogP contribution in [0, 0.1) is 11.8 Å². The zero-order valence-electron chi connectivity index (χ0n) is 6.83. The van der Waals surface area contributed by atoms with Crippen molar-refractivity contribution in [1.82, 2.24) is 0 Å². The summed E-state index contributed by atoms with van der Waals surface area (Å²) in [7, 11) is 0. The average Bonchev–Trinajstić information content (AvgIpc) is 2.53. The molecule has 1 aliphatic heterocycles. The number of hydrogen-bond donors (Lipinski definition) is 0. The molecule has 0 spiro atoms. The van der Waals surface area contributed by atoms with E-state index in [1.54, 1.807) is 6.92 Å². The first-order valence-corrected chi connectivity index (χ1v) is 3.74. The van der Waals surface area contributed by atoms with Crippen LogP contribution in [0.2, 0.25) is 0 Å². The normalized spacial score (nSPS) is 16.8. The van der Waals surface area contributed by atoms with Gasteiger partial charge in [-0.05, 0) is 12.8 Å². The fourth-order valence-corrected chi connectivity index (χ4v) is 0.727. The van der Waals surface area contributed by atoms with E-state index in [4.69, 9.17) is 9.47 Å². The fraction of sp³-hybridized carbons (Fsp3) is 0.625. The number of esters is 1. The standard InChI is InChI=1S/C8H10O4/c1-2-10-7(9)3-4-8-11-5-6-12-8/h8H,2,5-6H2,1H3. The average molecular weight is 170 g/mol. The van der Waals surface area contributed by atoms with Crippen LogP contribution in [0.3, 0.4) is 0 Å². The first-order valence-electron chi connectivity index (χ1n) is 3.74. The van der Waals surface area contributed by atoms with Crippen LogP contribution in [-0.4, -0.2) is 32.1 Å². The summed E-state index contributed by atoms with van der Waals surface area (Å²) in [5, 5.41) is 0. The lowest BCUT2D eigenvalue weighted by molar-refractivity contribution is -0.136. The number of carbonyl (C=O) groups is 1. The van der Waals surface area contributed by atoms with E-state index in [1.807, 2.05) is 0 Å². The van der Waals surface area contributed by atoms with Crippen molar-refractivity contribution in [2.24, 2.45) is 0 Å². The highest BCUT2D eigenvalue weighted by Gasteiger charge is 2.12. The molecule has 66 valence electrons. The highest BCUT2D eigenvalue weighted by Crippen LogP contribution is 2.00. The molecule has 0 aromatic heterocycles. The van der Waals surface area contributed by atoms with E-state index in [-0.39, 0.29) is 0 Å². The van der Waals surface area contributed by atoms with Crippen molar-refractivity contribution in [2.45, 2.75) is 13.2 Å².